The van der Waals surface area contributed by atoms with Crippen LogP contribution in [0.2, 0.25) is 0 Å². The van der Waals surface area contributed by atoms with Crippen molar-refractivity contribution in [2.75, 3.05) is 26.8 Å². The Hall–Kier alpha value is -0.890. The average molecular weight is 395 g/mol. The zero-order valence-corrected chi connectivity index (χ0v) is 14.3. The molecule has 1 aromatic rings. The van der Waals surface area contributed by atoms with Crippen LogP contribution in [0.25, 0.3) is 0 Å². The van der Waals surface area contributed by atoms with Crippen molar-refractivity contribution in [2.45, 2.75) is 19.9 Å². The second-order valence-electron chi connectivity index (χ2n) is 3.99. The first-order valence-electron chi connectivity index (χ1n) is 6.53. The van der Waals surface area contributed by atoms with Gasteiger partial charge in [-0.25, -0.2) is 4.39 Å². The number of halogens is 2. The van der Waals surface area contributed by atoms with Crippen LogP contribution in [-0.2, 0) is 11.3 Å². The Morgan fingerprint density at radius 1 is 1.30 bits per heavy atom. The maximum absolute atomic E-state index is 13.4. The Labute approximate surface area is 137 Å². The van der Waals surface area contributed by atoms with Crippen LogP contribution < -0.4 is 10.6 Å². The van der Waals surface area contributed by atoms with Crippen LogP contribution in [0.15, 0.2) is 29.3 Å². The van der Waals surface area contributed by atoms with Crippen molar-refractivity contribution in [3.63, 3.8) is 0 Å². The second kappa shape index (κ2) is 11.9. The van der Waals surface area contributed by atoms with Crippen LogP contribution in [0, 0.1) is 5.82 Å². The highest BCUT2D eigenvalue weighted by Crippen LogP contribution is 2.05. The number of hydrogen-bond acceptors (Lipinski definition) is 2. The predicted octanol–water partition coefficient (Wildman–Crippen LogP) is 2.54. The zero-order chi connectivity index (χ0) is 13.9. The highest BCUT2D eigenvalue weighted by molar-refractivity contribution is 14.0. The van der Waals surface area contributed by atoms with Crippen molar-refractivity contribution in [3.05, 3.63) is 35.6 Å². The third-order valence-corrected chi connectivity index (χ3v) is 2.59. The maximum Gasteiger partial charge on any atom is 0.191 e. The first kappa shape index (κ1) is 19.1. The summed E-state index contributed by atoms with van der Waals surface area (Å²) in [6, 6.07) is 6.71. The Morgan fingerprint density at radius 3 is 2.70 bits per heavy atom. The molecule has 0 bridgehead atoms. The third-order valence-electron chi connectivity index (χ3n) is 2.59. The van der Waals surface area contributed by atoms with Crippen LogP contribution >= 0.6 is 24.0 Å². The predicted molar refractivity (Wildman–Crippen MR) is 91.1 cm³/mol. The topological polar surface area (TPSA) is 45.6 Å². The van der Waals surface area contributed by atoms with E-state index in [2.05, 4.69) is 15.6 Å². The van der Waals surface area contributed by atoms with E-state index in [0.29, 0.717) is 18.1 Å². The Morgan fingerprint density at radius 2 is 2.05 bits per heavy atom. The molecule has 2 N–H and O–H groups in total. The molecule has 20 heavy (non-hydrogen) atoms. The lowest BCUT2D eigenvalue weighted by atomic mass is 10.2. The summed E-state index contributed by atoms with van der Waals surface area (Å²) in [7, 11) is 1.69. The van der Waals surface area contributed by atoms with Crippen LogP contribution in [0.1, 0.15) is 18.9 Å². The third kappa shape index (κ3) is 7.64. The summed E-state index contributed by atoms with van der Waals surface area (Å²) < 4.78 is 18.7. The van der Waals surface area contributed by atoms with Gasteiger partial charge in [-0.05, 0) is 19.4 Å². The quantitative estimate of drug-likeness (QED) is 0.323. The molecule has 4 nitrogen and oxygen atoms in total. The molecule has 6 heteroatoms. The minimum atomic E-state index is -0.207. The summed E-state index contributed by atoms with van der Waals surface area (Å²) in [6.07, 6.45) is 0.911. The molecule has 0 amide bonds. The fourth-order valence-electron chi connectivity index (χ4n) is 1.57. The molecule has 0 unspecified atom stereocenters. The van der Waals surface area contributed by atoms with Crippen LogP contribution in [0.4, 0.5) is 4.39 Å². The normalized spacial score (nSPS) is 10.8. The molecule has 1 aromatic carbocycles. The number of ether oxygens (including phenoxy) is 1. The van der Waals surface area contributed by atoms with E-state index >= 15 is 0 Å². The molecule has 0 aliphatic rings. The van der Waals surface area contributed by atoms with E-state index in [-0.39, 0.29) is 29.8 Å². The lowest BCUT2D eigenvalue weighted by Gasteiger charge is -2.12. The lowest BCUT2D eigenvalue weighted by molar-refractivity contribution is 0.145. The van der Waals surface area contributed by atoms with Crippen molar-refractivity contribution in [3.8, 4) is 0 Å². The molecule has 0 spiro atoms. The fourth-order valence-corrected chi connectivity index (χ4v) is 1.57. The first-order chi connectivity index (χ1) is 9.27. The molecule has 0 aliphatic heterocycles. The van der Waals surface area contributed by atoms with Gasteiger partial charge in [-0.3, -0.25) is 4.99 Å². The molecule has 114 valence electrons. The molecule has 0 saturated carbocycles. The number of nitrogens with one attached hydrogen (secondary N) is 2. The second-order valence-corrected chi connectivity index (χ2v) is 3.99. The van der Waals surface area contributed by atoms with Gasteiger partial charge in [-0.15, -0.1) is 24.0 Å². The van der Waals surface area contributed by atoms with Crippen LogP contribution in [-0.4, -0.2) is 32.8 Å². The molecule has 1 rings (SSSR count). The molecular formula is C14H23FIN3O. The number of hydrogen-bond donors (Lipinski definition) is 2. The highest BCUT2D eigenvalue weighted by Gasteiger charge is 2.02. The zero-order valence-electron chi connectivity index (χ0n) is 12.0. The lowest BCUT2D eigenvalue weighted by Crippen LogP contribution is -2.37. The summed E-state index contributed by atoms with van der Waals surface area (Å²) in [5, 5.41) is 6.23. The van der Waals surface area contributed by atoms with E-state index in [4.69, 9.17) is 4.74 Å². The van der Waals surface area contributed by atoms with Crippen molar-refractivity contribution in [1.82, 2.24) is 10.6 Å². The monoisotopic (exact) mass is 395 g/mol. The number of benzene rings is 1. The van der Waals surface area contributed by atoms with Gasteiger partial charge in [-0.1, -0.05) is 18.2 Å². The van der Waals surface area contributed by atoms with Gasteiger partial charge in [0.05, 0.1) is 0 Å². The van der Waals surface area contributed by atoms with E-state index in [9.17, 15) is 4.39 Å². The number of aliphatic imine (C=N–C) groups is 1. The molecule has 0 atom stereocenters. The van der Waals surface area contributed by atoms with Gasteiger partial charge in [0.25, 0.3) is 0 Å². The van der Waals surface area contributed by atoms with Crippen LogP contribution in [0.3, 0.4) is 0 Å². The summed E-state index contributed by atoms with van der Waals surface area (Å²) >= 11 is 0. The summed E-state index contributed by atoms with van der Waals surface area (Å²) in [6.45, 7) is 4.63. The first-order valence-corrected chi connectivity index (χ1v) is 6.53. The Kier molecular flexibility index (Phi) is 11.4. The van der Waals surface area contributed by atoms with E-state index in [1.807, 2.05) is 13.0 Å². The minimum Gasteiger partial charge on any atom is -0.382 e. The van der Waals surface area contributed by atoms with Crippen molar-refractivity contribution in [1.29, 1.82) is 0 Å². The molecule has 0 aromatic heterocycles. The summed E-state index contributed by atoms with van der Waals surface area (Å²) in [5.41, 5.74) is 0.625. The molecule has 0 radical (unpaired) electrons. The number of nitrogens with zero attached hydrogens (tertiary/aromatic N) is 1. The Balaban J connectivity index is 0.00000361. The SMILES string of the molecule is CCOCCCNC(=NC)NCc1ccccc1F.I. The summed E-state index contributed by atoms with van der Waals surface area (Å²) in [5.74, 6) is 0.460. The number of rotatable bonds is 7. The average Bonchev–Trinajstić information content (AvgIpc) is 2.43. The van der Waals surface area contributed by atoms with Gasteiger partial charge in [-0.2, -0.15) is 0 Å². The van der Waals surface area contributed by atoms with Crippen molar-refractivity contribution < 1.29 is 9.13 Å². The molecule has 0 saturated heterocycles. The van der Waals surface area contributed by atoms with Crippen molar-refractivity contribution in [2.24, 2.45) is 4.99 Å². The van der Waals surface area contributed by atoms with Gasteiger partial charge in [0.1, 0.15) is 5.82 Å². The van der Waals surface area contributed by atoms with Gasteiger partial charge < -0.3 is 15.4 Å². The highest BCUT2D eigenvalue weighted by atomic mass is 127. The molecule has 0 fully saturated rings. The molecule has 0 aliphatic carbocycles. The standard InChI is InChI=1S/C14H22FN3O.HI/c1-3-19-10-6-9-17-14(16-2)18-11-12-7-4-5-8-13(12)15;/h4-5,7-8H,3,6,9-11H2,1-2H3,(H2,16,17,18);1H. The van der Waals surface area contributed by atoms with E-state index in [0.717, 1.165) is 26.2 Å². The number of guanidine groups is 1. The van der Waals surface area contributed by atoms with Gasteiger partial charge in [0.2, 0.25) is 0 Å². The van der Waals surface area contributed by atoms with E-state index in [1.165, 1.54) is 6.07 Å². The summed E-state index contributed by atoms with van der Waals surface area (Å²) in [4.78, 5) is 4.08. The van der Waals surface area contributed by atoms with Crippen LogP contribution in [0.5, 0.6) is 0 Å². The van der Waals surface area contributed by atoms with Gasteiger partial charge in [0, 0.05) is 38.9 Å². The molecular weight excluding hydrogens is 372 g/mol. The minimum absolute atomic E-state index is 0. The Bertz CT molecular complexity index is 402. The maximum atomic E-state index is 13.4. The van der Waals surface area contributed by atoms with E-state index in [1.54, 1.807) is 19.2 Å². The fraction of sp³-hybridized carbons (Fsp3) is 0.500. The van der Waals surface area contributed by atoms with Gasteiger partial charge >= 0.3 is 0 Å². The smallest absolute Gasteiger partial charge is 0.191 e. The van der Waals surface area contributed by atoms with Crippen molar-refractivity contribution >= 4 is 29.9 Å². The largest absolute Gasteiger partial charge is 0.382 e. The van der Waals surface area contributed by atoms with E-state index < -0.39 is 0 Å². The molecule has 0 heterocycles. The van der Waals surface area contributed by atoms with Gasteiger partial charge in [0.15, 0.2) is 5.96 Å².